The smallest absolute Gasteiger partial charge is 0.0345 e. The highest BCUT2D eigenvalue weighted by Gasteiger charge is 2.01. The van der Waals surface area contributed by atoms with E-state index in [1.165, 1.54) is 20.9 Å². The van der Waals surface area contributed by atoms with E-state index in [-0.39, 0.29) is 0 Å². The average molecular weight is 202 g/mol. The number of aryl methyl sites for hydroxylation is 2. The van der Waals surface area contributed by atoms with Crippen molar-refractivity contribution in [2.24, 2.45) is 0 Å². The molecule has 2 aromatic rings. The normalized spacial score (nSPS) is 10.4. The molecule has 1 heterocycles. The Hall–Kier alpha value is -1.08. The van der Waals surface area contributed by atoms with Gasteiger partial charge in [-0.15, -0.1) is 11.3 Å². The van der Waals surface area contributed by atoms with Crippen molar-refractivity contribution < 1.29 is 0 Å². The SMILES string of the molecule is CCc1ccc(-c2cccc(C)c2)s1. The Balaban J connectivity index is 2.39. The molecule has 0 saturated carbocycles. The second-order valence-electron chi connectivity index (χ2n) is 3.49. The largest absolute Gasteiger partial charge is 0.140 e. The fourth-order valence-corrected chi connectivity index (χ4v) is 2.47. The maximum atomic E-state index is 2.24. The first-order chi connectivity index (χ1) is 6.79. The van der Waals surface area contributed by atoms with Gasteiger partial charge in [-0.05, 0) is 31.0 Å². The van der Waals surface area contributed by atoms with Crippen LogP contribution >= 0.6 is 11.3 Å². The molecule has 0 nitrogen and oxygen atoms in total. The van der Waals surface area contributed by atoms with Gasteiger partial charge < -0.3 is 0 Å². The van der Waals surface area contributed by atoms with Crippen LogP contribution in [0.25, 0.3) is 10.4 Å². The molecule has 0 unspecified atom stereocenters. The van der Waals surface area contributed by atoms with Gasteiger partial charge in [0.25, 0.3) is 0 Å². The third kappa shape index (κ3) is 1.88. The molecule has 72 valence electrons. The maximum Gasteiger partial charge on any atom is 0.0345 e. The van der Waals surface area contributed by atoms with Crippen LogP contribution in [0.3, 0.4) is 0 Å². The lowest BCUT2D eigenvalue weighted by Crippen LogP contribution is -1.73. The van der Waals surface area contributed by atoms with Crippen molar-refractivity contribution in [2.75, 3.05) is 0 Å². The molecule has 0 amide bonds. The van der Waals surface area contributed by atoms with Crippen molar-refractivity contribution >= 4 is 11.3 Å². The molecular weight excluding hydrogens is 188 g/mol. The predicted octanol–water partition coefficient (Wildman–Crippen LogP) is 4.29. The third-order valence-electron chi connectivity index (χ3n) is 2.31. The van der Waals surface area contributed by atoms with Gasteiger partial charge in [-0.25, -0.2) is 0 Å². The van der Waals surface area contributed by atoms with E-state index in [0.717, 1.165) is 6.42 Å². The second kappa shape index (κ2) is 3.97. The zero-order valence-corrected chi connectivity index (χ0v) is 9.40. The highest BCUT2D eigenvalue weighted by Crippen LogP contribution is 2.28. The molecule has 0 bridgehead atoms. The average Bonchev–Trinajstić information content (AvgIpc) is 2.66. The van der Waals surface area contributed by atoms with E-state index in [1.54, 1.807) is 0 Å². The van der Waals surface area contributed by atoms with Gasteiger partial charge in [0.15, 0.2) is 0 Å². The summed E-state index contributed by atoms with van der Waals surface area (Å²) in [5.41, 5.74) is 2.67. The van der Waals surface area contributed by atoms with Gasteiger partial charge in [0.2, 0.25) is 0 Å². The van der Waals surface area contributed by atoms with Crippen molar-refractivity contribution in [3.8, 4) is 10.4 Å². The molecule has 0 radical (unpaired) electrons. The first-order valence-corrected chi connectivity index (χ1v) is 5.77. The van der Waals surface area contributed by atoms with Crippen LogP contribution in [0.4, 0.5) is 0 Å². The summed E-state index contributed by atoms with van der Waals surface area (Å²) in [5, 5.41) is 0. The van der Waals surface area contributed by atoms with E-state index in [9.17, 15) is 0 Å². The summed E-state index contributed by atoms with van der Waals surface area (Å²) in [6.07, 6.45) is 1.14. The Kier molecular flexibility index (Phi) is 2.69. The van der Waals surface area contributed by atoms with Crippen LogP contribution in [-0.2, 0) is 6.42 Å². The second-order valence-corrected chi connectivity index (χ2v) is 4.66. The molecule has 0 fully saturated rings. The Morgan fingerprint density at radius 2 is 2.00 bits per heavy atom. The molecule has 0 aliphatic carbocycles. The molecule has 1 heteroatoms. The molecule has 0 N–H and O–H groups in total. The van der Waals surface area contributed by atoms with Crippen molar-refractivity contribution in [2.45, 2.75) is 20.3 Å². The quantitative estimate of drug-likeness (QED) is 0.681. The van der Waals surface area contributed by atoms with Crippen molar-refractivity contribution in [3.63, 3.8) is 0 Å². The van der Waals surface area contributed by atoms with Gasteiger partial charge >= 0.3 is 0 Å². The molecule has 0 spiro atoms. The Bertz CT molecular complexity index is 426. The summed E-state index contributed by atoms with van der Waals surface area (Å²) in [4.78, 5) is 2.84. The molecule has 0 atom stereocenters. The number of hydrogen-bond donors (Lipinski definition) is 0. The minimum Gasteiger partial charge on any atom is -0.140 e. The molecule has 14 heavy (non-hydrogen) atoms. The highest BCUT2D eigenvalue weighted by molar-refractivity contribution is 7.15. The summed E-state index contributed by atoms with van der Waals surface area (Å²) in [5.74, 6) is 0. The number of rotatable bonds is 2. The Morgan fingerprint density at radius 3 is 2.64 bits per heavy atom. The summed E-state index contributed by atoms with van der Waals surface area (Å²) in [7, 11) is 0. The number of hydrogen-bond acceptors (Lipinski definition) is 1. The van der Waals surface area contributed by atoms with Crippen LogP contribution in [0.1, 0.15) is 17.4 Å². The Labute approximate surface area is 89.2 Å². The van der Waals surface area contributed by atoms with Crippen LogP contribution in [0.5, 0.6) is 0 Å². The number of benzene rings is 1. The van der Waals surface area contributed by atoms with Crippen LogP contribution in [-0.4, -0.2) is 0 Å². The third-order valence-corrected chi connectivity index (χ3v) is 3.59. The monoisotopic (exact) mass is 202 g/mol. The first-order valence-electron chi connectivity index (χ1n) is 4.95. The van der Waals surface area contributed by atoms with Gasteiger partial charge in [0, 0.05) is 9.75 Å². The molecule has 2 rings (SSSR count). The van der Waals surface area contributed by atoms with Gasteiger partial charge in [0.05, 0.1) is 0 Å². The first kappa shape index (κ1) is 9.47. The molecule has 0 aliphatic heterocycles. The van der Waals surface area contributed by atoms with E-state index < -0.39 is 0 Å². The zero-order valence-electron chi connectivity index (χ0n) is 8.58. The van der Waals surface area contributed by atoms with Crippen LogP contribution in [0.15, 0.2) is 36.4 Å². The van der Waals surface area contributed by atoms with Gasteiger partial charge in [0.1, 0.15) is 0 Å². The van der Waals surface area contributed by atoms with Crippen molar-refractivity contribution in [3.05, 3.63) is 46.8 Å². The van der Waals surface area contributed by atoms with Gasteiger partial charge in [-0.1, -0.05) is 36.8 Å². The standard InChI is InChI=1S/C13H14S/c1-3-12-7-8-13(14-12)11-6-4-5-10(2)9-11/h4-9H,3H2,1-2H3. The Morgan fingerprint density at radius 1 is 1.14 bits per heavy atom. The van der Waals surface area contributed by atoms with Crippen LogP contribution in [0, 0.1) is 6.92 Å². The molecular formula is C13H14S. The fraction of sp³-hybridized carbons (Fsp3) is 0.231. The van der Waals surface area contributed by atoms with Crippen molar-refractivity contribution in [1.82, 2.24) is 0 Å². The van der Waals surface area contributed by atoms with Crippen molar-refractivity contribution in [1.29, 1.82) is 0 Å². The minimum atomic E-state index is 1.14. The van der Waals surface area contributed by atoms with E-state index in [2.05, 4.69) is 50.2 Å². The lowest BCUT2D eigenvalue weighted by Gasteiger charge is -1.98. The molecule has 1 aromatic heterocycles. The summed E-state index contributed by atoms with van der Waals surface area (Å²) < 4.78 is 0. The molecule has 0 aliphatic rings. The lowest BCUT2D eigenvalue weighted by atomic mass is 10.1. The predicted molar refractivity (Wildman–Crippen MR) is 63.9 cm³/mol. The van der Waals surface area contributed by atoms with E-state index in [0.29, 0.717) is 0 Å². The lowest BCUT2D eigenvalue weighted by molar-refractivity contribution is 1.19. The minimum absolute atomic E-state index is 1.14. The van der Waals surface area contributed by atoms with E-state index >= 15 is 0 Å². The fourth-order valence-electron chi connectivity index (χ4n) is 1.52. The van der Waals surface area contributed by atoms with Gasteiger partial charge in [-0.2, -0.15) is 0 Å². The zero-order chi connectivity index (χ0) is 9.97. The van der Waals surface area contributed by atoms with Crippen LogP contribution < -0.4 is 0 Å². The molecule has 0 saturated heterocycles. The summed E-state index contributed by atoms with van der Waals surface area (Å²) in [6.45, 7) is 4.34. The molecule has 1 aromatic carbocycles. The highest BCUT2D eigenvalue weighted by atomic mass is 32.1. The van der Waals surface area contributed by atoms with E-state index in [1.807, 2.05) is 11.3 Å². The number of thiophene rings is 1. The van der Waals surface area contributed by atoms with Gasteiger partial charge in [-0.3, -0.25) is 0 Å². The van der Waals surface area contributed by atoms with Crippen LogP contribution in [0.2, 0.25) is 0 Å². The topological polar surface area (TPSA) is 0 Å². The summed E-state index contributed by atoms with van der Waals surface area (Å²) in [6, 6.07) is 13.1. The van der Waals surface area contributed by atoms with E-state index in [4.69, 9.17) is 0 Å². The maximum absolute atomic E-state index is 2.24. The summed E-state index contributed by atoms with van der Waals surface area (Å²) >= 11 is 1.89.